The first kappa shape index (κ1) is 11.8. The Labute approximate surface area is 99.8 Å². The zero-order valence-corrected chi connectivity index (χ0v) is 9.60. The van der Waals surface area contributed by atoms with Crippen molar-refractivity contribution >= 4 is 11.9 Å². The third kappa shape index (κ3) is 2.91. The van der Waals surface area contributed by atoms with Gasteiger partial charge in [0.1, 0.15) is 0 Å². The fraction of sp³-hybridized carbons (Fsp3) is 0.545. The maximum absolute atomic E-state index is 10.9. The van der Waals surface area contributed by atoms with Crippen LogP contribution in [0.1, 0.15) is 36.0 Å². The van der Waals surface area contributed by atoms with Gasteiger partial charge in [-0.2, -0.15) is 0 Å². The first-order chi connectivity index (χ1) is 8.16. The average molecular weight is 235 g/mol. The van der Waals surface area contributed by atoms with E-state index in [-0.39, 0.29) is 12.1 Å². The molecule has 6 heteroatoms. The number of aromatic nitrogens is 2. The van der Waals surface area contributed by atoms with Crippen LogP contribution in [0.15, 0.2) is 12.4 Å². The van der Waals surface area contributed by atoms with Gasteiger partial charge in [-0.25, -0.2) is 9.97 Å². The molecule has 17 heavy (non-hydrogen) atoms. The van der Waals surface area contributed by atoms with E-state index in [1.165, 1.54) is 25.2 Å². The van der Waals surface area contributed by atoms with Crippen LogP contribution in [0.4, 0.5) is 5.95 Å². The summed E-state index contributed by atoms with van der Waals surface area (Å²) in [6.45, 7) is 0. The van der Waals surface area contributed by atoms with E-state index in [9.17, 15) is 4.79 Å². The van der Waals surface area contributed by atoms with Crippen LogP contribution in [0, 0.1) is 0 Å². The van der Waals surface area contributed by atoms with E-state index in [1.807, 2.05) is 0 Å². The fourth-order valence-corrected chi connectivity index (χ4v) is 2.03. The molecule has 1 aromatic heterocycles. The van der Waals surface area contributed by atoms with Gasteiger partial charge in [0, 0.05) is 24.5 Å². The SMILES string of the molecule is NC(=O)c1cnc(NC2CCCCC2N)nc1. The lowest BCUT2D eigenvalue weighted by molar-refractivity contribution is 0.0999. The summed E-state index contributed by atoms with van der Waals surface area (Å²) in [5, 5.41) is 3.20. The Hall–Kier alpha value is -1.69. The second-order valence-electron chi connectivity index (χ2n) is 4.36. The predicted octanol–water partition coefficient (Wildman–Crippen LogP) is 0.257. The standard InChI is InChI=1S/C11H17N5O/c12-8-3-1-2-4-9(8)16-11-14-5-7(6-15-11)10(13)17/h5-6,8-9H,1-4,12H2,(H2,13,17)(H,14,15,16). The first-order valence-corrected chi connectivity index (χ1v) is 5.81. The molecule has 0 bridgehead atoms. The van der Waals surface area contributed by atoms with Crippen LogP contribution in [-0.2, 0) is 0 Å². The number of rotatable bonds is 3. The normalized spacial score (nSPS) is 24.3. The first-order valence-electron chi connectivity index (χ1n) is 5.81. The minimum Gasteiger partial charge on any atom is -0.366 e. The molecule has 1 fully saturated rings. The molecule has 0 radical (unpaired) electrons. The third-order valence-corrected chi connectivity index (χ3v) is 3.07. The van der Waals surface area contributed by atoms with E-state index in [4.69, 9.17) is 11.5 Å². The Balaban J connectivity index is 2.00. The number of carbonyl (C=O) groups is 1. The van der Waals surface area contributed by atoms with Gasteiger partial charge in [0.15, 0.2) is 0 Å². The summed E-state index contributed by atoms with van der Waals surface area (Å²) < 4.78 is 0. The molecule has 0 aliphatic heterocycles. The fourth-order valence-electron chi connectivity index (χ4n) is 2.03. The minimum atomic E-state index is -0.522. The number of nitrogens with two attached hydrogens (primary N) is 2. The van der Waals surface area contributed by atoms with E-state index in [0.29, 0.717) is 11.5 Å². The molecule has 1 aliphatic rings. The van der Waals surface area contributed by atoms with Gasteiger partial charge in [0.05, 0.1) is 5.56 Å². The average Bonchev–Trinajstić information content (AvgIpc) is 2.33. The maximum Gasteiger partial charge on any atom is 0.251 e. The zero-order valence-electron chi connectivity index (χ0n) is 9.60. The van der Waals surface area contributed by atoms with E-state index in [1.54, 1.807) is 0 Å². The monoisotopic (exact) mass is 235 g/mol. The number of anilines is 1. The minimum absolute atomic E-state index is 0.142. The number of nitrogens with one attached hydrogen (secondary N) is 1. The highest BCUT2D eigenvalue weighted by Crippen LogP contribution is 2.19. The lowest BCUT2D eigenvalue weighted by Crippen LogP contribution is -2.42. The summed E-state index contributed by atoms with van der Waals surface area (Å²) in [4.78, 5) is 19.0. The van der Waals surface area contributed by atoms with Crippen LogP contribution in [-0.4, -0.2) is 28.0 Å². The molecule has 1 heterocycles. The summed E-state index contributed by atoms with van der Waals surface area (Å²) in [7, 11) is 0. The molecular weight excluding hydrogens is 218 g/mol. The highest BCUT2D eigenvalue weighted by molar-refractivity contribution is 5.92. The molecule has 0 spiro atoms. The molecule has 6 nitrogen and oxygen atoms in total. The molecule has 5 N–H and O–H groups in total. The Morgan fingerprint density at radius 3 is 2.53 bits per heavy atom. The summed E-state index contributed by atoms with van der Waals surface area (Å²) in [5.74, 6) is -0.0248. The Morgan fingerprint density at radius 2 is 1.94 bits per heavy atom. The third-order valence-electron chi connectivity index (χ3n) is 3.07. The smallest absolute Gasteiger partial charge is 0.251 e. The van der Waals surface area contributed by atoms with Crippen LogP contribution in [0.2, 0.25) is 0 Å². The largest absolute Gasteiger partial charge is 0.366 e. The molecule has 2 rings (SSSR count). The quantitative estimate of drug-likeness (QED) is 0.696. The number of hydrogen-bond acceptors (Lipinski definition) is 5. The number of primary amides is 1. The summed E-state index contributed by atoms with van der Waals surface area (Å²) in [6.07, 6.45) is 7.25. The number of carbonyl (C=O) groups excluding carboxylic acids is 1. The second-order valence-corrected chi connectivity index (χ2v) is 4.36. The molecule has 1 aliphatic carbocycles. The van der Waals surface area contributed by atoms with Crippen LogP contribution >= 0.6 is 0 Å². The molecule has 1 saturated carbocycles. The van der Waals surface area contributed by atoms with Crippen LogP contribution < -0.4 is 16.8 Å². The van der Waals surface area contributed by atoms with Crippen LogP contribution in [0.25, 0.3) is 0 Å². The zero-order chi connectivity index (χ0) is 12.3. The Kier molecular flexibility index (Phi) is 3.53. The van der Waals surface area contributed by atoms with E-state index in [2.05, 4.69) is 15.3 Å². The van der Waals surface area contributed by atoms with Crippen molar-refractivity contribution in [2.45, 2.75) is 37.8 Å². The molecule has 1 aromatic rings. The maximum atomic E-state index is 10.9. The Bertz CT molecular complexity index is 391. The van der Waals surface area contributed by atoms with Crippen molar-refractivity contribution in [2.75, 3.05) is 5.32 Å². The van der Waals surface area contributed by atoms with Crippen molar-refractivity contribution in [2.24, 2.45) is 11.5 Å². The van der Waals surface area contributed by atoms with Gasteiger partial charge in [-0.15, -0.1) is 0 Å². The van der Waals surface area contributed by atoms with Gasteiger partial charge < -0.3 is 16.8 Å². The van der Waals surface area contributed by atoms with Crippen LogP contribution in [0.3, 0.4) is 0 Å². The van der Waals surface area contributed by atoms with Crippen LogP contribution in [0.5, 0.6) is 0 Å². The summed E-state index contributed by atoms with van der Waals surface area (Å²) in [6, 6.07) is 0.353. The molecule has 1 amide bonds. The molecule has 92 valence electrons. The van der Waals surface area contributed by atoms with Crippen molar-refractivity contribution < 1.29 is 4.79 Å². The van der Waals surface area contributed by atoms with Crippen molar-refractivity contribution in [3.63, 3.8) is 0 Å². The van der Waals surface area contributed by atoms with E-state index >= 15 is 0 Å². The number of hydrogen-bond donors (Lipinski definition) is 3. The molecule has 2 unspecified atom stereocenters. The lowest BCUT2D eigenvalue weighted by Gasteiger charge is -2.29. The summed E-state index contributed by atoms with van der Waals surface area (Å²) in [5.41, 5.74) is 11.4. The van der Waals surface area contributed by atoms with Crippen molar-refractivity contribution in [3.8, 4) is 0 Å². The predicted molar refractivity (Wildman–Crippen MR) is 64.4 cm³/mol. The van der Waals surface area contributed by atoms with Gasteiger partial charge >= 0.3 is 0 Å². The molecule has 0 aromatic carbocycles. The van der Waals surface area contributed by atoms with Crippen molar-refractivity contribution in [1.29, 1.82) is 0 Å². The number of amides is 1. The second kappa shape index (κ2) is 5.09. The molecular formula is C11H17N5O. The van der Waals surface area contributed by atoms with Gasteiger partial charge in [0.2, 0.25) is 5.95 Å². The highest BCUT2D eigenvalue weighted by Gasteiger charge is 2.22. The van der Waals surface area contributed by atoms with E-state index in [0.717, 1.165) is 12.8 Å². The van der Waals surface area contributed by atoms with Crippen molar-refractivity contribution in [1.82, 2.24) is 9.97 Å². The van der Waals surface area contributed by atoms with E-state index < -0.39 is 5.91 Å². The summed E-state index contributed by atoms with van der Waals surface area (Å²) >= 11 is 0. The number of nitrogens with zero attached hydrogens (tertiary/aromatic N) is 2. The van der Waals surface area contributed by atoms with Gasteiger partial charge in [-0.3, -0.25) is 4.79 Å². The molecule has 0 saturated heterocycles. The highest BCUT2D eigenvalue weighted by atomic mass is 16.1. The topological polar surface area (TPSA) is 107 Å². The van der Waals surface area contributed by atoms with Crippen molar-refractivity contribution in [3.05, 3.63) is 18.0 Å². The lowest BCUT2D eigenvalue weighted by atomic mass is 9.91. The van der Waals surface area contributed by atoms with Gasteiger partial charge in [-0.1, -0.05) is 12.8 Å². The van der Waals surface area contributed by atoms with Gasteiger partial charge in [0.25, 0.3) is 5.91 Å². The Morgan fingerprint density at radius 1 is 1.29 bits per heavy atom. The van der Waals surface area contributed by atoms with Gasteiger partial charge in [-0.05, 0) is 12.8 Å². The molecule has 2 atom stereocenters.